The summed E-state index contributed by atoms with van der Waals surface area (Å²) in [6.45, 7) is 5.10. The Labute approximate surface area is 365 Å². The Morgan fingerprint density at radius 3 is 2.60 bits per heavy atom. The van der Waals surface area contributed by atoms with Crippen LogP contribution in [0.5, 0.6) is 0 Å². The molecule has 0 radical (unpaired) electrons. The molecule has 5 heterocycles. The molecule has 2 aromatic rings. The van der Waals surface area contributed by atoms with E-state index in [2.05, 4.69) is 57.4 Å². The van der Waals surface area contributed by atoms with Crippen molar-refractivity contribution in [3.8, 4) is 0 Å². The molecule has 1 aromatic heterocycles. The van der Waals surface area contributed by atoms with Gasteiger partial charge in [0.2, 0.25) is 5.91 Å². The number of alkyl carbamates (subject to hydrolysis) is 1. The van der Waals surface area contributed by atoms with Crippen LogP contribution in [0.1, 0.15) is 62.3 Å². The van der Waals surface area contributed by atoms with Gasteiger partial charge in [-0.3, -0.25) is 9.59 Å². The van der Waals surface area contributed by atoms with Gasteiger partial charge in [0.1, 0.15) is 29.5 Å². The summed E-state index contributed by atoms with van der Waals surface area (Å²) in [4.78, 5) is 68.7. The van der Waals surface area contributed by atoms with Gasteiger partial charge < -0.3 is 50.1 Å². The number of carbonyl (C=O) groups is 4. The Bertz CT molecular complexity index is 2440. The maximum absolute atomic E-state index is 14.1. The first-order valence-electron chi connectivity index (χ1n) is 21.5. The van der Waals surface area contributed by atoms with Gasteiger partial charge in [0.25, 0.3) is 5.91 Å². The molecule has 9 rings (SSSR count). The van der Waals surface area contributed by atoms with Crippen LogP contribution < -0.4 is 16.0 Å². The number of fused-ring (bicyclic) bond motifs is 6. The second-order valence-electron chi connectivity index (χ2n) is 17.3. The van der Waals surface area contributed by atoms with Gasteiger partial charge in [-0.2, -0.15) is 0 Å². The number of methoxy groups -OCH3 is 2. The van der Waals surface area contributed by atoms with E-state index in [1.54, 1.807) is 24.5 Å². The van der Waals surface area contributed by atoms with Crippen LogP contribution in [0.4, 0.5) is 9.59 Å². The first-order valence-corrected chi connectivity index (χ1v) is 21.5. The number of nitrogens with zero attached hydrogens (tertiary/aromatic N) is 4. The highest BCUT2D eigenvalue weighted by molar-refractivity contribution is 5.97. The summed E-state index contributed by atoms with van der Waals surface area (Å²) < 4.78 is 16.7. The Morgan fingerprint density at radius 2 is 1.84 bits per heavy atom. The lowest BCUT2D eigenvalue weighted by Gasteiger charge is -2.35. The molecule has 4 aliphatic heterocycles. The Morgan fingerprint density at radius 1 is 1.02 bits per heavy atom. The zero-order chi connectivity index (χ0) is 43.9. The number of imidazole rings is 1. The standard InChI is InChI=1S/C47H52N8O8/c1-25(2)39(52-46(58)59)44(56)55-22-26(23-61-3)17-37(55)42-48-21-35(50-42)29-12-14-31-30(18-29)24-63-38-20-32-28(19-33(31)38)13-15-34-41(32)51-43(49-34)36-11-8-16-54(36)45(57)40(53-47(60)62-4)27-9-6-5-7-10-27/h5-7,9-10,12-15,18-21,24-26,31-32,36-37,39-41,52H,8,11,16-17,22-23H2,1-4H3,(H,48,50)(H,49,51)(H,53,60)(H,58,59)/t26-,31?,32?,36-,37-,39-,40+,41?/m0/s1. The van der Waals surface area contributed by atoms with E-state index in [0.29, 0.717) is 37.5 Å². The van der Waals surface area contributed by atoms with Gasteiger partial charge >= 0.3 is 12.2 Å². The smallest absolute Gasteiger partial charge is 0.407 e. The number of ether oxygens (including phenoxy) is 3. The quantitative estimate of drug-likeness (QED) is 0.194. The van der Waals surface area contributed by atoms with Gasteiger partial charge in [0.05, 0.1) is 55.7 Å². The van der Waals surface area contributed by atoms with Crippen molar-refractivity contribution in [1.82, 2.24) is 35.7 Å². The SMILES string of the molecule is COC[C@H]1C[C@@H](c2ncc(C3=CC4=COC5=CC6C(=CC=C7N=C([C@@H]8CCCN8C(=O)[C@H](NC(=O)OC)c8ccccc8)NC76)C=C5C4C=C3)[nH]2)N(C(=O)[C@@H](NC(=O)O)C(C)C)C1. The number of carboxylic acid groups (broad SMARTS) is 1. The van der Waals surface area contributed by atoms with Crippen molar-refractivity contribution in [3.63, 3.8) is 0 Å². The summed E-state index contributed by atoms with van der Waals surface area (Å²) in [5.74, 6) is 1.42. The van der Waals surface area contributed by atoms with Crippen LogP contribution in [0.15, 0.2) is 118 Å². The summed E-state index contributed by atoms with van der Waals surface area (Å²) in [6.07, 6.45) is 18.7. The van der Waals surface area contributed by atoms with Crippen LogP contribution in [0, 0.1) is 23.7 Å². The summed E-state index contributed by atoms with van der Waals surface area (Å²) in [5, 5.41) is 18.3. The van der Waals surface area contributed by atoms with Crippen LogP contribution in [-0.2, 0) is 23.8 Å². The molecule has 7 aliphatic rings. The van der Waals surface area contributed by atoms with E-state index in [1.165, 1.54) is 7.11 Å². The van der Waals surface area contributed by atoms with Crippen LogP contribution in [0.2, 0.25) is 0 Å². The Kier molecular flexibility index (Phi) is 11.4. The molecule has 3 aliphatic carbocycles. The summed E-state index contributed by atoms with van der Waals surface area (Å²) in [5.41, 5.74) is 6.45. The maximum Gasteiger partial charge on any atom is 0.407 e. The molecule has 2 fully saturated rings. The predicted molar refractivity (Wildman–Crippen MR) is 232 cm³/mol. The Hall–Kier alpha value is -6.68. The van der Waals surface area contributed by atoms with E-state index in [9.17, 15) is 24.3 Å². The highest BCUT2D eigenvalue weighted by atomic mass is 16.5. The number of amidine groups is 1. The number of benzene rings is 1. The largest absolute Gasteiger partial charge is 0.465 e. The lowest BCUT2D eigenvalue weighted by molar-refractivity contribution is -0.135. The number of H-pyrrole nitrogens is 1. The van der Waals surface area contributed by atoms with Crippen LogP contribution in [0.3, 0.4) is 0 Å². The molecule has 16 heteroatoms. The van der Waals surface area contributed by atoms with E-state index in [-0.39, 0.29) is 53.6 Å². The lowest BCUT2D eigenvalue weighted by atomic mass is 9.75. The second kappa shape index (κ2) is 17.2. The molecule has 2 saturated heterocycles. The molecular weight excluding hydrogens is 805 g/mol. The van der Waals surface area contributed by atoms with Gasteiger partial charge in [-0.25, -0.2) is 19.6 Å². The number of aliphatic imine (C=N–C) groups is 1. The fraction of sp³-hybridized carbons (Fsp3) is 0.404. The first-order chi connectivity index (χ1) is 30.5. The highest BCUT2D eigenvalue weighted by Gasteiger charge is 2.45. The fourth-order valence-electron chi connectivity index (χ4n) is 9.91. The minimum Gasteiger partial charge on any atom is -0.465 e. The molecule has 0 bridgehead atoms. The Balaban J connectivity index is 0.898. The molecular formula is C47H52N8O8. The minimum absolute atomic E-state index is 0.0339. The van der Waals surface area contributed by atoms with E-state index in [4.69, 9.17) is 24.2 Å². The van der Waals surface area contributed by atoms with Crippen molar-refractivity contribution in [1.29, 1.82) is 0 Å². The lowest BCUT2D eigenvalue weighted by Crippen LogP contribution is -2.51. The van der Waals surface area contributed by atoms with Gasteiger partial charge in [0, 0.05) is 43.5 Å². The zero-order valence-electron chi connectivity index (χ0n) is 35.6. The van der Waals surface area contributed by atoms with Crippen molar-refractivity contribution in [2.75, 3.05) is 33.9 Å². The van der Waals surface area contributed by atoms with Crippen LogP contribution in [0.25, 0.3) is 5.57 Å². The fourth-order valence-corrected chi connectivity index (χ4v) is 9.91. The van der Waals surface area contributed by atoms with Crippen molar-refractivity contribution < 1.29 is 38.5 Å². The average Bonchev–Trinajstić information content (AvgIpc) is 4.13. The van der Waals surface area contributed by atoms with E-state index >= 15 is 0 Å². The van der Waals surface area contributed by atoms with Gasteiger partial charge in [-0.05, 0) is 65.7 Å². The number of hydrogen-bond acceptors (Lipinski definition) is 10. The molecule has 63 heavy (non-hydrogen) atoms. The molecule has 8 atom stereocenters. The molecule has 5 N–H and O–H groups in total. The van der Waals surface area contributed by atoms with Crippen molar-refractivity contribution in [2.24, 2.45) is 28.7 Å². The predicted octanol–water partition coefficient (Wildman–Crippen LogP) is 5.44. The number of hydrogen-bond donors (Lipinski definition) is 5. The van der Waals surface area contributed by atoms with Gasteiger partial charge in [-0.1, -0.05) is 68.5 Å². The zero-order valence-corrected chi connectivity index (χ0v) is 35.6. The number of likely N-dealkylation sites (tertiary alicyclic amines) is 2. The molecule has 1 aromatic carbocycles. The summed E-state index contributed by atoms with van der Waals surface area (Å²) in [7, 11) is 2.92. The van der Waals surface area contributed by atoms with E-state index < -0.39 is 24.3 Å². The minimum atomic E-state index is -1.24. The maximum atomic E-state index is 14.1. The molecule has 0 saturated carbocycles. The van der Waals surface area contributed by atoms with Crippen molar-refractivity contribution >= 4 is 35.4 Å². The normalized spacial score (nSPS) is 26.4. The van der Waals surface area contributed by atoms with E-state index in [1.807, 2.05) is 55.2 Å². The first kappa shape index (κ1) is 41.7. The summed E-state index contributed by atoms with van der Waals surface area (Å²) in [6, 6.07) is 6.62. The number of aromatic amines is 1. The van der Waals surface area contributed by atoms with Crippen LogP contribution >= 0.6 is 0 Å². The van der Waals surface area contributed by atoms with E-state index in [0.717, 1.165) is 58.1 Å². The van der Waals surface area contributed by atoms with Gasteiger partial charge in [-0.15, -0.1) is 0 Å². The summed E-state index contributed by atoms with van der Waals surface area (Å²) >= 11 is 0. The number of aromatic nitrogens is 2. The second-order valence-corrected chi connectivity index (χ2v) is 17.3. The molecule has 0 spiro atoms. The monoisotopic (exact) mass is 856 g/mol. The molecule has 4 amide bonds. The number of rotatable bonds is 11. The topological polar surface area (TPSA) is 200 Å². The highest BCUT2D eigenvalue weighted by Crippen LogP contribution is 2.46. The number of amides is 4. The third kappa shape index (κ3) is 7.99. The van der Waals surface area contributed by atoms with Crippen LogP contribution in [-0.4, -0.2) is 107 Å². The van der Waals surface area contributed by atoms with Gasteiger partial charge in [0.15, 0.2) is 0 Å². The number of allylic oxidation sites excluding steroid dienone is 9. The molecule has 3 unspecified atom stereocenters. The van der Waals surface area contributed by atoms with Crippen molar-refractivity contribution in [2.45, 2.75) is 63.3 Å². The number of nitrogens with one attached hydrogen (secondary N) is 4. The third-order valence-corrected chi connectivity index (χ3v) is 13.0. The third-order valence-electron chi connectivity index (χ3n) is 13.0. The average molecular weight is 857 g/mol. The molecule has 328 valence electrons. The van der Waals surface area contributed by atoms with Crippen molar-refractivity contribution in [3.05, 3.63) is 131 Å². The number of carbonyl (C=O) groups excluding carboxylic acids is 3. The molecule has 16 nitrogen and oxygen atoms in total.